The fraction of sp³-hybridized carbons (Fsp3) is 0.375. The summed E-state index contributed by atoms with van der Waals surface area (Å²) in [6, 6.07) is 8.29. The molecule has 2 heterocycles. The summed E-state index contributed by atoms with van der Waals surface area (Å²) in [5, 5.41) is 1.18. The van der Waals surface area contributed by atoms with E-state index >= 15 is 0 Å². The van der Waals surface area contributed by atoms with Crippen molar-refractivity contribution < 1.29 is 0 Å². The first-order valence-electron chi connectivity index (χ1n) is 7.01. The van der Waals surface area contributed by atoms with Gasteiger partial charge in [0, 0.05) is 18.5 Å². The van der Waals surface area contributed by atoms with Crippen molar-refractivity contribution in [3.05, 3.63) is 42.7 Å². The van der Waals surface area contributed by atoms with Gasteiger partial charge in [-0.1, -0.05) is 24.3 Å². The number of hydrogen-bond acceptors (Lipinski definition) is 3. The monoisotopic (exact) mass is 251 g/mol. The zero-order valence-electron chi connectivity index (χ0n) is 10.9. The van der Waals surface area contributed by atoms with Crippen molar-refractivity contribution in [2.75, 3.05) is 18.0 Å². The van der Waals surface area contributed by atoms with Gasteiger partial charge in [-0.2, -0.15) is 0 Å². The Labute approximate surface area is 113 Å². The Hall–Kier alpha value is -1.90. The lowest BCUT2D eigenvalue weighted by molar-refractivity contribution is 0.411. The van der Waals surface area contributed by atoms with E-state index in [1.165, 1.54) is 18.2 Å². The molecule has 1 fully saturated rings. The molecule has 0 radical (unpaired) electrons. The highest BCUT2D eigenvalue weighted by atomic mass is 15.2. The molecule has 1 aliphatic heterocycles. The molecule has 0 spiro atoms. The molecule has 2 aliphatic rings. The Balaban J connectivity index is 1.72. The number of para-hydroxylation sites is 1. The lowest BCUT2D eigenvalue weighted by atomic mass is 9.86. The van der Waals surface area contributed by atoms with E-state index in [1.54, 1.807) is 6.33 Å². The minimum Gasteiger partial charge on any atom is -0.355 e. The largest absolute Gasteiger partial charge is 0.355 e. The molecule has 96 valence electrons. The molecule has 3 heteroatoms. The molecule has 0 amide bonds. The second-order valence-corrected chi connectivity index (χ2v) is 5.58. The van der Waals surface area contributed by atoms with E-state index in [-0.39, 0.29) is 0 Å². The summed E-state index contributed by atoms with van der Waals surface area (Å²) in [7, 11) is 0. The molecule has 0 saturated carbocycles. The third kappa shape index (κ3) is 1.81. The molecule has 1 saturated heterocycles. The maximum atomic E-state index is 4.54. The molecule has 1 aliphatic carbocycles. The summed E-state index contributed by atoms with van der Waals surface area (Å²) < 4.78 is 0. The van der Waals surface area contributed by atoms with E-state index in [9.17, 15) is 0 Å². The Kier molecular flexibility index (Phi) is 2.50. The van der Waals surface area contributed by atoms with E-state index in [4.69, 9.17) is 0 Å². The highest BCUT2D eigenvalue weighted by Gasteiger charge is 2.33. The first kappa shape index (κ1) is 11.0. The van der Waals surface area contributed by atoms with E-state index in [0.717, 1.165) is 36.3 Å². The van der Waals surface area contributed by atoms with Gasteiger partial charge in [-0.05, 0) is 36.8 Å². The van der Waals surface area contributed by atoms with Crippen LogP contribution in [0.15, 0.2) is 42.7 Å². The van der Waals surface area contributed by atoms with Crippen LogP contribution in [0.3, 0.4) is 0 Å². The number of allylic oxidation sites excluding steroid dienone is 2. The third-order valence-electron chi connectivity index (χ3n) is 4.44. The second kappa shape index (κ2) is 4.34. The zero-order chi connectivity index (χ0) is 12.7. The molecule has 1 aromatic heterocycles. The highest BCUT2D eigenvalue weighted by Crippen LogP contribution is 2.36. The second-order valence-electron chi connectivity index (χ2n) is 5.58. The van der Waals surface area contributed by atoms with Crippen LogP contribution in [0.5, 0.6) is 0 Å². The van der Waals surface area contributed by atoms with Crippen LogP contribution >= 0.6 is 0 Å². The van der Waals surface area contributed by atoms with E-state index < -0.39 is 0 Å². The van der Waals surface area contributed by atoms with Gasteiger partial charge >= 0.3 is 0 Å². The highest BCUT2D eigenvalue weighted by molar-refractivity contribution is 5.89. The number of rotatable bonds is 1. The SMILES string of the molecule is C1=CCC2CN(c3ncnc4ccccc34)CC2C1. The Bertz CT molecular complexity index is 613. The van der Waals surface area contributed by atoms with E-state index in [1.807, 2.05) is 6.07 Å². The van der Waals surface area contributed by atoms with Crippen LogP contribution in [0.4, 0.5) is 5.82 Å². The number of anilines is 1. The molecule has 2 unspecified atom stereocenters. The maximum absolute atomic E-state index is 4.54. The fourth-order valence-corrected chi connectivity index (χ4v) is 3.43. The van der Waals surface area contributed by atoms with Crippen LogP contribution in [0.1, 0.15) is 12.8 Å². The van der Waals surface area contributed by atoms with Gasteiger partial charge < -0.3 is 4.90 Å². The minimum atomic E-state index is 0.804. The van der Waals surface area contributed by atoms with Gasteiger partial charge in [0.2, 0.25) is 0 Å². The fourth-order valence-electron chi connectivity index (χ4n) is 3.43. The van der Waals surface area contributed by atoms with Crippen molar-refractivity contribution in [3.63, 3.8) is 0 Å². The van der Waals surface area contributed by atoms with Crippen molar-refractivity contribution in [1.29, 1.82) is 0 Å². The molecular weight excluding hydrogens is 234 g/mol. The van der Waals surface area contributed by atoms with Gasteiger partial charge in [0.1, 0.15) is 12.1 Å². The van der Waals surface area contributed by atoms with Gasteiger partial charge in [-0.3, -0.25) is 0 Å². The van der Waals surface area contributed by atoms with Crippen molar-refractivity contribution in [2.24, 2.45) is 11.8 Å². The number of nitrogens with zero attached hydrogens (tertiary/aromatic N) is 3. The quantitative estimate of drug-likeness (QED) is 0.729. The molecule has 2 aromatic rings. The summed E-state index contributed by atoms with van der Waals surface area (Å²) in [5.74, 6) is 2.72. The van der Waals surface area contributed by atoms with Gasteiger partial charge in [-0.25, -0.2) is 9.97 Å². The van der Waals surface area contributed by atoms with Crippen molar-refractivity contribution in [1.82, 2.24) is 9.97 Å². The average Bonchev–Trinajstić information content (AvgIpc) is 2.90. The number of fused-ring (bicyclic) bond motifs is 2. The average molecular weight is 251 g/mol. The van der Waals surface area contributed by atoms with Crippen molar-refractivity contribution in [2.45, 2.75) is 12.8 Å². The molecular formula is C16H17N3. The first-order chi connectivity index (χ1) is 9.42. The third-order valence-corrected chi connectivity index (χ3v) is 4.44. The van der Waals surface area contributed by atoms with Crippen molar-refractivity contribution >= 4 is 16.7 Å². The predicted molar refractivity (Wildman–Crippen MR) is 77.1 cm³/mol. The molecule has 1 aromatic carbocycles. The Morgan fingerprint density at radius 1 is 0.947 bits per heavy atom. The summed E-state index contributed by atoms with van der Waals surface area (Å²) in [4.78, 5) is 11.3. The number of aromatic nitrogens is 2. The topological polar surface area (TPSA) is 29.0 Å². The molecule has 4 rings (SSSR count). The first-order valence-corrected chi connectivity index (χ1v) is 7.01. The van der Waals surface area contributed by atoms with Crippen molar-refractivity contribution in [3.8, 4) is 0 Å². The molecule has 2 atom stereocenters. The standard InChI is InChI=1S/C16H17N3/c1-2-6-13-10-19(9-12(13)5-1)16-14-7-3-4-8-15(14)17-11-18-16/h1-4,7-8,11-13H,5-6,9-10H2. The summed E-state index contributed by atoms with van der Waals surface area (Å²) in [5.41, 5.74) is 1.04. The molecule has 0 N–H and O–H groups in total. The zero-order valence-corrected chi connectivity index (χ0v) is 10.9. The maximum Gasteiger partial charge on any atom is 0.139 e. The molecule has 3 nitrogen and oxygen atoms in total. The van der Waals surface area contributed by atoms with E-state index in [2.05, 4.69) is 45.2 Å². The smallest absolute Gasteiger partial charge is 0.139 e. The summed E-state index contributed by atoms with van der Waals surface area (Å²) in [6.45, 7) is 2.27. The van der Waals surface area contributed by atoms with Gasteiger partial charge in [-0.15, -0.1) is 0 Å². The molecule has 0 bridgehead atoms. The van der Waals surface area contributed by atoms with Gasteiger partial charge in [0.15, 0.2) is 0 Å². The predicted octanol–water partition coefficient (Wildman–Crippen LogP) is 3.03. The van der Waals surface area contributed by atoms with Crippen LogP contribution in [0, 0.1) is 11.8 Å². The Morgan fingerprint density at radius 2 is 1.68 bits per heavy atom. The van der Waals surface area contributed by atoms with Gasteiger partial charge in [0.25, 0.3) is 0 Å². The van der Waals surface area contributed by atoms with Crippen LogP contribution in [-0.2, 0) is 0 Å². The van der Waals surface area contributed by atoms with Crippen LogP contribution in [0.2, 0.25) is 0 Å². The van der Waals surface area contributed by atoms with Crippen LogP contribution in [-0.4, -0.2) is 23.1 Å². The minimum absolute atomic E-state index is 0.804. The number of hydrogen-bond donors (Lipinski definition) is 0. The molecule has 19 heavy (non-hydrogen) atoms. The van der Waals surface area contributed by atoms with Gasteiger partial charge in [0.05, 0.1) is 5.52 Å². The normalized spacial score (nSPS) is 25.8. The summed E-state index contributed by atoms with van der Waals surface area (Å²) in [6.07, 6.45) is 8.82. The summed E-state index contributed by atoms with van der Waals surface area (Å²) >= 11 is 0. The lowest BCUT2D eigenvalue weighted by Crippen LogP contribution is -2.21. The Morgan fingerprint density at radius 3 is 2.47 bits per heavy atom. The number of benzene rings is 1. The lowest BCUT2D eigenvalue weighted by Gasteiger charge is -2.18. The van der Waals surface area contributed by atoms with Crippen LogP contribution in [0.25, 0.3) is 10.9 Å². The van der Waals surface area contributed by atoms with Crippen LogP contribution < -0.4 is 4.90 Å². The van der Waals surface area contributed by atoms with E-state index in [0.29, 0.717) is 0 Å².